The summed E-state index contributed by atoms with van der Waals surface area (Å²) in [5.74, 6) is -0.975. The zero-order valence-electron chi connectivity index (χ0n) is 14.4. The zero-order chi connectivity index (χ0) is 17.7. The van der Waals surface area contributed by atoms with Crippen LogP contribution in [0.15, 0.2) is 24.3 Å². The predicted octanol–water partition coefficient (Wildman–Crippen LogP) is 1.56. The van der Waals surface area contributed by atoms with Crippen LogP contribution in [0.5, 0.6) is 0 Å². The van der Waals surface area contributed by atoms with E-state index >= 15 is 0 Å². The van der Waals surface area contributed by atoms with E-state index in [1.807, 2.05) is 0 Å². The second kappa shape index (κ2) is 9.39. The first-order valence-electron chi connectivity index (χ1n) is 7.99. The third-order valence-corrected chi connectivity index (χ3v) is 4.03. The van der Waals surface area contributed by atoms with E-state index in [-0.39, 0.29) is 24.2 Å². The molecule has 1 aromatic carbocycles. The number of likely N-dealkylation sites (tertiary alicyclic amines) is 1. The lowest BCUT2D eigenvalue weighted by atomic mass is 10.0. The van der Waals surface area contributed by atoms with Crippen molar-refractivity contribution in [2.24, 2.45) is 5.73 Å². The molecule has 0 radical (unpaired) electrons. The molecule has 1 aliphatic rings. The molecule has 0 bridgehead atoms. The number of nitrogens with one attached hydrogen (secondary N) is 1. The van der Waals surface area contributed by atoms with E-state index in [2.05, 4.69) is 5.32 Å². The van der Waals surface area contributed by atoms with Crippen molar-refractivity contribution in [2.75, 3.05) is 19.0 Å². The second-order valence-electron chi connectivity index (χ2n) is 5.89. The minimum absolute atomic E-state index is 0. The maximum atomic E-state index is 12.8. The maximum Gasteiger partial charge on any atom is 0.328 e. The monoisotopic (exact) mass is 369 g/mol. The van der Waals surface area contributed by atoms with Crippen molar-refractivity contribution in [3.8, 4) is 0 Å². The quantitative estimate of drug-likeness (QED) is 0.784. The molecule has 2 amide bonds. The lowest BCUT2D eigenvalue weighted by Crippen LogP contribution is -2.48. The van der Waals surface area contributed by atoms with Crippen LogP contribution in [-0.2, 0) is 14.3 Å². The Morgan fingerprint density at radius 3 is 2.68 bits per heavy atom. The molecule has 0 aromatic heterocycles. The number of esters is 1. The van der Waals surface area contributed by atoms with Gasteiger partial charge in [0, 0.05) is 17.8 Å². The van der Waals surface area contributed by atoms with Gasteiger partial charge in [0.05, 0.1) is 13.2 Å². The van der Waals surface area contributed by atoms with Crippen molar-refractivity contribution in [3.05, 3.63) is 29.8 Å². The molecule has 8 heteroatoms. The highest BCUT2D eigenvalue weighted by Gasteiger charge is 2.33. The van der Waals surface area contributed by atoms with Crippen LogP contribution in [-0.4, -0.2) is 48.4 Å². The van der Waals surface area contributed by atoms with E-state index in [0.717, 1.165) is 12.8 Å². The molecule has 1 fully saturated rings. The van der Waals surface area contributed by atoms with Gasteiger partial charge in [-0.3, -0.25) is 9.59 Å². The Hall–Kier alpha value is -2.12. The molecule has 138 valence electrons. The van der Waals surface area contributed by atoms with Crippen LogP contribution < -0.4 is 11.1 Å². The largest absolute Gasteiger partial charge is 0.467 e. The fourth-order valence-corrected chi connectivity index (χ4v) is 2.71. The number of anilines is 1. The van der Waals surface area contributed by atoms with Crippen LogP contribution in [0.3, 0.4) is 0 Å². The number of nitrogens with zero attached hydrogens (tertiary/aromatic N) is 1. The summed E-state index contributed by atoms with van der Waals surface area (Å²) in [6, 6.07) is 5.42. The fourth-order valence-electron chi connectivity index (χ4n) is 2.71. The molecule has 0 saturated carbocycles. The number of carbonyl (C=O) groups is 3. The van der Waals surface area contributed by atoms with E-state index in [0.29, 0.717) is 24.2 Å². The van der Waals surface area contributed by atoms with Crippen molar-refractivity contribution < 1.29 is 19.1 Å². The van der Waals surface area contributed by atoms with Gasteiger partial charge in [-0.15, -0.1) is 12.4 Å². The molecule has 7 nitrogen and oxygen atoms in total. The van der Waals surface area contributed by atoms with Crippen molar-refractivity contribution in [1.82, 2.24) is 4.90 Å². The molecule has 1 heterocycles. The number of piperidine rings is 1. The van der Waals surface area contributed by atoms with Crippen LogP contribution in [0.4, 0.5) is 5.69 Å². The molecule has 1 aromatic rings. The number of benzene rings is 1. The number of ether oxygens (including phenoxy) is 1. The van der Waals surface area contributed by atoms with E-state index < -0.39 is 18.1 Å². The summed E-state index contributed by atoms with van der Waals surface area (Å²) < 4.78 is 4.80. The first kappa shape index (κ1) is 20.9. The molecule has 1 saturated heterocycles. The predicted molar refractivity (Wildman–Crippen MR) is 96.7 cm³/mol. The Morgan fingerprint density at radius 2 is 2.04 bits per heavy atom. The molecule has 0 aliphatic carbocycles. The third kappa shape index (κ3) is 5.17. The smallest absolute Gasteiger partial charge is 0.328 e. The summed E-state index contributed by atoms with van der Waals surface area (Å²) in [5, 5.41) is 2.66. The topological polar surface area (TPSA) is 102 Å². The Bertz CT molecular complexity index is 636. The highest BCUT2D eigenvalue weighted by molar-refractivity contribution is 5.99. The Kier molecular flexibility index (Phi) is 7.86. The molecular weight excluding hydrogens is 346 g/mol. The minimum Gasteiger partial charge on any atom is -0.467 e. The molecule has 2 rings (SSSR count). The number of hydrogen-bond donors (Lipinski definition) is 2. The first-order valence-corrected chi connectivity index (χ1v) is 7.99. The van der Waals surface area contributed by atoms with Crippen LogP contribution in [0.2, 0.25) is 0 Å². The van der Waals surface area contributed by atoms with Gasteiger partial charge >= 0.3 is 5.97 Å². The Labute approximate surface area is 153 Å². The summed E-state index contributed by atoms with van der Waals surface area (Å²) in [4.78, 5) is 37.9. The summed E-state index contributed by atoms with van der Waals surface area (Å²) in [7, 11) is 1.32. The van der Waals surface area contributed by atoms with Crippen LogP contribution in [0.25, 0.3) is 0 Å². The van der Waals surface area contributed by atoms with Gasteiger partial charge in [0.15, 0.2) is 0 Å². The Balaban J connectivity index is 0.00000312. The minimum atomic E-state index is -0.643. The van der Waals surface area contributed by atoms with Gasteiger partial charge in [0.2, 0.25) is 5.91 Å². The van der Waals surface area contributed by atoms with Gasteiger partial charge in [-0.2, -0.15) is 0 Å². The summed E-state index contributed by atoms with van der Waals surface area (Å²) in [6.45, 7) is 2.09. The lowest BCUT2D eigenvalue weighted by Gasteiger charge is -2.33. The van der Waals surface area contributed by atoms with Gasteiger partial charge in [0.25, 0.3) is 5.91 Å². The average molecular weight is 370 g/mol. The third-order valence-electron chi connectivity index (χ3n) is 4.03. The van der Waals surface area contributed by atoms with Crippen molar-refractivity contribution in [3.63, 3.8) is 0 Å². The van der Waals surface area contributed by atoms with Crippen LogP contribution >= 0.6 is 12.4 Å². The normalized spacial score (nSPS) is 17.9. The van der Waals surface area contributed by atoms with E-state index in [9.17, 15) is 14.4 Å². The number of rotatable bonds is 4. The molecule has 1 aliphatic heterocycles. The van der Waals surface area contributed by atoms with E-state index in [1.165, 1.54) is 7.11 Å². The van der Waals surface area contributed by atoms with Gasteiger partial charge in [-0.25, -0.2) is 4.79 Å². The van der Waals surface area contributed by atoms with Gasteiger partial charge < -0.3 is 20.7 Å². The molecule has 2 atom stereocenters. The van der Waals surface area contributed by atoms with Crippen molar-refractivity contribution in [2.45, 2.75) is 38.3 Å². The second-order valence-corrected chi connectivity index (χ2v) is 5.89. The van der Waals surface area contributed by atoms with Gasteiger partial charge in [-0.1, -0.05) is 6.07 Å². The van der Waals surface area contributed by atoms with Crippen LogP contribution in [0.1, 0.15) is 36.5 Å². The molecule has 0 spiro atoms. The number of amides is 2. The van der Waals surface area contributed by atoms with Gasteiger partial charge in [-0.05, 0) is 44.4 Å². The number of halogens is 1. The summed E-state index contributed by atoms with van der Waals surface area (Å²) in [6.07, 6.45) is 2.33. The number of nitrogens with two attached hydrogens (primary N) is 1. The summed E-state index contributed by atoms with van der Waals surface area (Å²) >= 11 is 0. The fraction of sp³-hybridized carbons (Fsp3) is 0.471. The van der Waals surface area contributed by atoms with Crippen LogP contribution in [0, 0.1) is 0 Å². The maximum absolute atomic E-state index is 12.8. The first-order chi connectivity index (χ1) is 11.4. The highest BCUT2D eigenvalue weighted by Crippen LogP contribution is 2.22. The summed E-state index contributed by atoms with van der Waals surface area (Å²) in [5.41, 5.74) is 6.43. The standard InChI is InChI=1S/C17H23N3O4.ClH/c1-11(18)15(21)19-13-7-5-6-12(10-13)16(22)20-9-4-3-8-14(20)17(23)24-2;/h5-7,10-11,14H,3-4,8-9,18H2,1-2H3,(H,19,21);1H/t11-,14?;/m1./s1. The zero-order valence-corrected chi connectivity index (χ0v) is 15.2. The molecule has 3 N–H and O–H groups in total. The van der Waals surface area contributed by atoms with E-state index in [4.69, 9.17) is 10.5 Å². The highest BCUT2D eigenvalue weighted by atomic mass is 35.5. The average Bonchev–Trinajstić information content (AvgIpc) is 2.60. The van der Waals surface area contributed by atoms with Crippen molar-refractivity contribution >= 4 is 35.9 Å². The SMILES string of the molecule is COC(=O)C1CCCCN1C(=O)c1cccc(NC(=O)[C@@H](C)N)c1.Cl. The van der Waals surface area contributed by atoms with E-state index in [1.54, 1.807) is 36.1 Å². The molecule has 25 heavy (non-hydrogen) atoms. The van der Waals surface area contributed by atoms with Gasteiger partial charge in [0.1, 0.15) is 6.04 Å². The Morgan fingerprint density at radius 1 is 1.32 bits per heavy atom. The lowest BCUT2D eigenvalue weighted by molar-refractivity contribution is -0.147. The number of hydrogen-bond acceptors (Lipinski definition) is 5. The molecular formula is C17H24ClN3O4. The number of carbonyl (C=O) groups excluding carboxylic acids is 3. The van der Waals surface area contributed by atoms with Crippen molar-refractivity contribution in [1.29, 1.82) is 0 Å². The molecule has 1 unspecified atom stereocenters. The number of methoxy groups -OCH3 is 1.